The van der Waals surface area contributed by atoms with Crippen LogP contribution in [0.3, 0.4) is 0 Å². The van der Waals surface area contributed by atoms with Crippen LogP contribution in [0, 0.1) is 11.3 Å². The molecule has 5 heteroatoms. The van der Waals surface area contributed by atoms with Crippen molar-refractivity contribution in [3.05, 3.63) is 52.5 Å². The summed E-state index contributed by atoms with van der Waals surface area (Å²) in [7, 11) is 0. The van der Waals surface area contributed by atoms with E-state index in [-0.39, 0.29) is 6.04 Å². The van der Waals surface area contributed by atoms with Crippen LogP contribution in [0.25, 0.3) is 0 Å². The molecule has 2 aliphatic heterocycles. The summed E-state index contributed by atoms with van der Waals surface area (Å²) in [5.41, 5.74) is 2.64. The fraction of sp³-hybridized carbons (Fsp3) is 0.350. The molecular formula is C20H19ClN2O2. The van der Waals surface area contributed by atoms with Crippen LogP contribution in [0.1, 0.15) is 36.4 Å². The van der Waals surface area contributed by atoms with Crippen molar-refractivity contribution in [2.24, 2.45) is 0 Å². The first-order valence-corrected chi connectivity index (χ1v) is 9.00. The molecule has 2 aromatic rings. The zero-order valence-corrected chi connectivity index (χ0v) is 14.6. The second kappa shape index (κ2) is 6.85. The lowest BCUT2D eigenvalue weighted by atomic mass is 10.0. The van der Waals surface area contributed by atoms with Crippen LogP contribution in [0.4, 0.5) is 5.69 Å². The number of nitriles is 1. The fourth-order valence-corrected chi connectivity index (χ4v) is 3.86. The van der Waals surface area contributed by atoms with Gasteiger partial charge in [0.25, 0.3) is 0 Å². The molecule has 2 aliphatic rings. The Morgan fingerprint density at radius 1 is 1.08 bits per heavy atom. The normalized spacial score (nSPS) is 19.4. The van der Waals surface area contributed by atoms with Crippen LogP contribution in [-0.2, 0) is 0 Å². The van der Waals surface area contributed by atoms with E-state index in [1.54, 1.807) is 6.07 Å². The predicted molar refractivity (Wildman–Crippen MR) is 97.5 cm³/mol. The summed E-state index contributed by atoms with van der Waals surface area (Å²) >= 11 is 6.23. The Bertz CT molecular complexity index is 831. The minimum absolute atomic E-state index is 0.211. The van der Waals surface area contributed by atoms with Crippen molar-refractivity contribution in [3.63, 3.8) is 0 Å². The van der Waals surface area contributed by atoms with Crippen molar-refractivity contribution in [1.82, 2.24) is 0 Å². The van der Waals surface area contributed by atoms with Crippen molar-refractivity contribution >= 4 is 17.3 Å². The van der Waals surface area contributed by atoms with Gasteiger partial charge in [-0.1, -0.05) is 23.7 Å². The highest BCUT2D eigenvalue weighted by molar-refractivity contribution is 6.32. The Morgan fingerprint density at radius 3 is 2.76 bits per heavy atom. The molecule has 1 atom stereocenters. The van der Waals surface area contributed by atoms with Gasteiger partial charge in [-0.25, -0.2) is 0 Å². The van der Waals surface area contributed by atoms with Crippen LogP contribution in [-0.4, -0.2) is 19.8 Å². The first-order valence-electron chi connectivity index (χ1n) is 8.63. The van der Waals surface area contributed by atoms with Gasteiger partial charge in [0.1, 0.15) is 6.07 Å². The average molecular weight is 355 g/mol. The standard InChI is InChI=1S/C20H19ClN2O2/c21-16-4-1-5-18(15(16)13-22)23-9-2-6-17(23)14-7-8-19-20(12-14)25-11-3-10-24-19/h1,4-5,7-8,12,17H,2-3,6,9-11H2/t17-/m0/s1. The molecule has 2 aromatic carbocycles. The monoisotopic (exact) mass is 354 g/mol. The molecule has 4 rings (SSSR count). The molecule has 0 amide bonds. The summed E-state index contributed by atoms with van der Waals surface area (Å²) in [5, 5.41) is 10.0. The molecular weight excluding hydrogens is 336 g/mol. The van der Waals surface area contributed by atoms with E-state index in [1.165, 1.54) is 5.56 Å². The maximum Gasteiger partial charge on any atom is 0.161 e. The predicted octanol–water partition coefficient (Wildman–Crippen LogP) is 4.71. The largest absolute Gasteiger partial charge is 0.490 e. The lowest BCUT2D eigenvalue weighted by Gasteiger charge is -2.28. The van der Waals surface area contributed by atoms with Gasteiger partial charge >= 0.3 is 0 Å². The topological polar surface area (TPSA) is 45.5 Å². The zero-order chi connectivity index (χ0) is 17.2. The Morgan fingerprint density at radius 2 is 1.92 bits per heavy atom. The van der Waals surface area contributed by atoms with Crippen LogP contribution >= 0.6 is 11.6 Å². The number of hydrogen-bond acceptors (Lipinski definition) is 4. The highest BCUT2D eigenvalue weighted by Crippen LogP contribution is 2.41. The highest BCUT2D eigenvalue weighted by atomic mass is 35.5. The molecule has 1 saturated heterocycles. The molecule has 1 fully saturated rings. The molecule has 0 radical (unpaired) electrons. The maximum absolute atomic E-state index is 9.51. The van der Waals surface area contributed by atoms with E-state index in [0.717, 1.165) is 43.0 Å². The number of hydrogen-bond donors (Lipinski definition) is 0. The molecule has 0 spiro atoms. The molecule has 0 aromatic heterocycles. The lowest BCUT2D eigenvalue weighted by molar-refractivity contribution is 0.297. The Hall–Kier alpha value is -2.38. The minimum atomic E-state index is 0.211. The zero-order valence-electron chi connectivity index (χ0n) is 13.9. The molecule has 0 bridgehead atoms. The number of benzene rings is 2. The van der Waals surface area contributed by atoms with Gasteiger partial charge < -0.3 is 14.4 Å². The first kappa shape index (κ1) is 16.1. The number of ether oxygens (including phenoxy) is 2. The van der Waals surface area contributed by atoms with Gasteiger partial charge in [0.15, 0.2) is 11.5 Å². The summed E-state index contributed by atoms with van der Waals surface area (Å²) in [6, 6.07) is 14.3. The average Bonchev–Trinajstić information content (AvgIpc) is 2.99. The molecule has 0 aliphatic carbocycles. The van der Waals surface area contributed by atoms with E-state index in [0.29, 0.717) is 23.8 Å². The van der Waals surface area contributed by atoms with E-state index in [9.17, 15) is 5.26 Å². The highest BCUT2D eigenvalue weighted by Gasteiger charge is 2.29. The maximum atomic E-state index is 9.51. The van der Waals surface area contributed by atoms with Gasteiger partial charge in [0.2, 0.25) is 0 Å². The lowest BCUT2D eigenvalue weighted by Crippen LogP contribution is -2.23. The van der Waals surface area contributed by atoms with Gasteiger partial charge in [0.05, 0.1) is 35.5 Å². The third-order valence-corrected chi connectivity index (χ3v) is 5.14. The quantitative estimate of drug-likeness (QED) is 0.783. The number of fused-ring (bicyclic) bond motifs is 1. The Kier molecular flexibility index (Phi) is 4.42. The van der Waals surface area contributed by atoms with Gasteiger partial charge in [-0.3, -0.25) is 0 Å². The smallest absolute Gasteiger partial charge is 0.161 e. The van der Waals surface area contributed by atoms with E-state index in [4.69, 9.17) is 21.1 Å². The molecule has 0 unspecified atom stereocenters. The second-order valence-corrected chi connectivity index (χ2v) is 6.76. The molecule has 2 heterocycles. The van der Waals surface area contributed by atoms with Gasteiger partial charge in [-0.2, -0.15) is 5.26 Å². The summed E-state index contributed by atoms with van der Waals surface area (Å²) in [6.45, 7) is 2.28. The fourth-order valence-electron chi connectivity index (χ4n) is 3.65. The van der Waals surface area contributed by atoms with Crippen molar-refractivity contribution in [2.75, 3.05) is 24.7 Å². The van der Waals surface area contributed by atoms with E-state index < -0.39 is 0 Å². The summed E-state index contributed by atoms with van der Waals surface area (Å²) in [6.07, 6.45) is 3.02. The third-order valence-electron chi connectivity index (χ3n) is 4.82. The van der Waals surface area contributed by atoms with Gasteiger partial charge in [-0.15, -0.1) is 0 Å². The van der Waals surface area contributed by atoms with Crippen molar-refractivity contribution < 1.29 is 9.47 Å². The Balaban J connectivity index is 1.70. The second-order valence-electron chi connectivity index (χ2n) is 6.35. The van der Waals surface area contributed by atoms with Crippen molar-refractivity contribution in [2.45, 2.75) is 25.3 Å². The van der Waals surface area contributed by atoms with Crippen molar-refractivity contribution in [1.29, 1.82) is 5.26 Å². The number of halogens is 1. The van der Waals surface area contributed by atoms with Gasteiger partial charge in [0, 0.05) is 13.0 Å². The van der Waals surface area contributed by atoms with Gasteiger partial charge in [-0.05, 0) is 42.7 Å². The van der Waals surface area contributed by atoms with Crippen LogP contribution in [0.2, 0.25) is 5.02 Å². The summed E-state index contributed by atoms with van der Waals surface area (Å²) in [4.78, 5) is 2.28. The van der Waals surface area contributed by atoms with Crippen LogP contribution in [0.15, 0.2) is 36.4 Å². The van der Waals surface area contributed by atoms with Crippen LogP contribution in [0.5, 0.6) is 11.5 Å². The minimum Gasteiger partial charge on any atom is -0.490 e. The molecule has 4 nitrogen and oxygen atoms in total. The van der Waals surface area contributed by atoms with Crippen molar-refractivity contribution in [3.8, 4) is 17.6 Å². The van der Waals surface area contributed by atoms with E-state index in [2.05, 4.69) is 23.1 Å². The first-order chi connectivity index (χ1) is 12.3. The number of anilines is 1. The number of nitrogens with zero attached hydrogens (tertiary/aromatic N) is 2. The van der Waals surface area contributed by atoms with Crippen LogP contribution < -0.4 is 14.4 Å². The summed E-state index contributed by atoms with van der Waals surface area (Å²) < 4.78 is 11.6. The molecule has 0 N–H and O–H groups in total. The molecule has 25 heavy (non-hydrogen) atoms. The number of rotatable bonds is 2. The van der Waals surface area contributed by atoms with E-state index >= 15 is 0 Å². The SMILES string of the molecule is N#Cc1c(Cl)cccc1N1CCC[C@H]1c1ccc2c(c1)OCCCO2. The molecule has 128 valence electrons. The molecule has 0 saturated carbocycles. The van der Waals surface area contributed by atoms with E-state index in [1.807, 2.05) is 18.2 Å². The third kappa shape index (κ3) is 3.01. The summed E-state index contributed by atoms with van der Waals surface area (Å²) in [5.74, 6) is 1.62. The Labute approximate surface area is 152 Å².